The van der Waals surface area contributed by atoms with Crippen molar-refractivity contribution in [3.05, 3.63) is 68.2 Å². The van der Waals surface area contributed by atoms with Crippen LogP contribution in [0, 0.1) is 11.3 Å². The molecule has 6 rings (SSSR count). The first-order valence-electron chi connectivity index (χ1n) is 12.9. The lowest BCUT2D eigenvalue weighted by Gasteiger charge is -2.51. The van der Waals surface area contributed by atoms with Gasteiger partial charge in [-0.3, -0.25) is 9.69 Å². The van der Waals surface area contributed by atoms with E-state index in [9.17, 15) is 10.1 Å². The van der Waals surface area contributed by atoms with Gasteiger partial charge in [-0.2, -0.15) is 5.26 Å². The third kappa shape index (κ3) is 3.37. The summed E-state index contributed by atoms with van der Waals surface area (Å²) in [5, 5.41) is 9.37. The molecule has 0 aromatic heterocycles. The number of anilines is 1. The van der Waals surface area contributed by atoms with Crippen molar-refractivity contribution in [2.24, 2.45) is 0 Å². The molecule has 1 aliphatic heterocycles. The standard InChI is InChI=1S/C30H32BrN3O/c1-17-15-33(16-18(2)34(17)21-6-5-7-21)27-13-24-23(12-26(27)31)29(35)28-22-9-8-19(14-32)10-20(22)11-25(28)30(24,3)4/h8-10,12-13,17-18,21H,5-7,11,15-16H2,1-4H3/t17-,18+. The first-order valence-corrected chi connectivity index (χ1v) is 13.7. The molecule has 0 radical (unpaired) electrons. The Morgan fingerprint density at radius 3 is 2.40 bits per heavy atom. The molecule has 2 fully saturated rings. The topological polar surface area (TPSA) is 47.3 Å². The van der Waals surface area contributed by atoms with E-state index in [4.69, 9.17) is 0 Å². The average Bonchev–Trinajstić information content (AvgIpc) is 3.18. The number of hydrogen-bond acceptors (Lipinski definition) is 4. The number of piperazine rings is 1. The van der Waals surface area contributed by atoms with Crippen molar-refractivity contribution >= 4 is 33.0 Å². The summed E-state index contributed by atoms with van der Waals surface area (Å²) in [6, 6.07) is 14.1. The molecule has 0 spiro atoms. The fraction of sp³-hybridized carbons (Fsp3) is 0.467. The summed E-state index contributed by atoms with van der Waals surface area (Å²) >= 11 is 3.85. The SMILES string of the molecule is C[C@@H]1CN(c2cc3c(cc2Br)C(=O)C2=C(Cc4cc(C#N)ccc42)C3(C)C)C[C@H](C)N1C1CCC1. The molecule has 5 heteroatoms. The van der Waals surface area contributed by atoms with Gasteiger partial charge in [0, 0.05) is 52.2 Å². The summed E-state index contributed by atoms with van der Waals surface area (Å²) in [6.07, 6.45) is 4.77. The van der Waals surface area contributed by atoms with Crippen LogP contribution in [0.15, 0.2) is 40.4 Å². The molecule has 1 saturated carbocycles. The van der Waals surface area contributed by atoms with E-state index in [1.807, 2.05) is 18.2 Å². The lowest BCUT2D eigenvalue weighted by molar-refractivity contribution is 0.0373. The summed E-state index contributed by atoms with van der Waals surface area (Å²) < 4.78 is 0.999. The second-order valence-electron chi connectivity index (χ2n) is 11.5. The van der Waals surface area contributed by atoms with Crippen molar-refractivity contribution in [1.82, 2.24) is 4.90 Å². The molecule has 4 aliphatic rings. The van der Waals surface area contributed by atoms with Crippen LogP contribution in [0.3, 0.4) is 0 Å². The molecule has 3 aliphatic carbocycles. The Balaban J connectivity index is 1.38. The number of hydrogen-bond donors (Lipinski definition) is 0. The molecule has 1 saturated heterocycles. The molecule has 4 nitrogen and oxygen atoms in total. The molecule has 0 bridgehead atoms. The van der Waals surface area contributed by atoms with E-state index >= 15 is 0 Å². The fourth-order valence-corrected chi connectivity index (χ4v) is 7.62. The first kappa shape index (κ1) is 23.0. The van der Waals surface area contributed by atoms with Gasteiger partial charge in [-0.25, -0.2) is 0 Å². The van der Waals surface area contributed by atoms with Crippen molar-refractivity contribution in [3.63, 3.8) is 0 Å². The van der Waals surface area contributed by atoms with Gasteiger partial charge < -0.3 is 4.90 Å². The van der Waals surface area contributed by atoms with E-state index in [1.165, 1.54) is 30.5 Å². The monoisotopic (exact) mass is 529 g/mol. The van der Waals surface area contributed by atoms with E-state index in [1.54, 1.807) is 0 Å². The summed E-state index contributed by atoms with van der Waals surface area (Å²) in [6.45, 7) is 11.2. The normalized spacial score (nSPS) is 25.6. The van der Waals surface area contributed by atoms with Crippen molar-refractivity contribution in [3.8, 4) is 6.07 Å². The molecule has 180 valence electrons. The second-order valence-corrected chi connectivity index (χ2v) is 12.3. The van der Waals surface area contributed by atoms with Gasteiger partial charge in [0.15, 0.2) is 5.78 Å². The highest BCUT2D eigenvalue weighted by Crippen LogP contribution is 2.51. The van der Waals surface area contributed by atoms with Gasteiger partial charge >= 0.3 is 0 Å². The van der Waals surface area contributed by atoms with Crippen molar-refractivity contribution < 1.29 is 4.79 Å². The molecule has 0 amide bonds. The smallest absolute Gasteiger partial charge is 0.193 e. The van der Waals surface area contributed by atoms with Crippen molar-refractivity contribution in [2.75, 3.05) is 18.0 Å². The maximum Gasteiger partial charge on any atom is 0.193 e. The Morgan fingerprint density at radius 2 is 1.77 bits per heavy atom. The number of carbonyl (C=O) groups is 1. The highest BCUT2D eigenvalue weighted by molar-refractivity contribution is 9.10. The van der Waals surface area contributed by atoms with Gasteiger partial charge in [0.25, 0.3) is 0 Å². The van der Waals surface area contributed by atoms with E-state index in [2.05, 4.69) is 71.6 Å². The Labute approximate surface area is 216 Å². The molecule has 35 heavy (non-hydrogen) atoms. The Morgan fingerprint density at radius 1 is 1.06 bits per heavy atom. The third-order valence-electron chi connectivity index (χ3n) is 8.98. The van der Waals surface area contributed by atoms with E-state index < -0.39 is 0 Å². The molecular weight excluding hydrogens is 498 g/mol. The fourth-order valence-electron chi connectivity index (χ4n) is 7.03. The van der Waals surface area contributed by atoms with Crippen LogP contribution in [0.2, 0.25) is 0 Å². The molecule has 0 N–H and O–H groups in total. The van der Waals surface area contributed by atoms with Crippen LogP contribution in [0.4, 0.5) is 5.69 Å². The highest BCUT2D eigenvalue weighted by atomic mass is 79.9. The van der Waals surface area contributed by atoms with Crippen molar-refractivity contribution in [2.45, 2.75) is 76.9 Å². The van der Waals surface area contributed by atoms with E-state index in [0.29, 0.717) is 17.6 Å². The largest absolute Gasteiger partial charge is 0.367 e. The maximum absolute atomic E-state index is 13.8. The number of rotatable bonds is 2. The van der Waals surface area contributed by atoms with Gasteiger partial charge in [-0.1, -0.05) is 26.3 Å². The van der Waals surface area contributed by atoms with Crippen LogP contribution in [0.25, 0.3) is 5.57 Å². The summed E-state index contributed by atoms with van der Waals surface area (Å²) in [5.41, 5.74) is 7.64. The lowest BCUT2D eigenvalue weighted by Crippen LogP contribution is -2.61. The zero-order valence-corrected chi connectivity index (χ0v) is 22.6. The Kier molecular flexibility index (Phi) is 5.29. The zero-order chi connectivity index (χ0) is 24.6. The zero-order valence-electron chi connectivity index (χ0n) is 21.0. The summed E-state index contributed by atoms with van der Waals surface area (Å²) in [4.78, 5) is 19.1. The van der Waals surface area contributed by atoms with Crippen molar-refractivity contribution in [1.29, 1.82) is 5.26 Å². The van der Waals surface area contributed by atoms with Gasteiger partial charge in [-0.05, 0) is 95.6 Å². The second kappa shape index (κ2) is 8.05. The number of nitriles is 1. The predicted octanol–water partition coefficient (Wildman–Crippen LogP) is 6.26. The molecule has 2 aromatic rings. The van der Waals surface area contributed by atoms with Crippen LogP contribution in [-0.2, 0) is 11.8 Å². The van der Waals surface area contributed by atoms with Crippen LogP contribution < -0.4 is 4.90 Å². The Bertz CT molecular complexity index is 1320. The average molecular weight is 531 g/mol. The predicted molar refractivity (Wildman–Crippen MR) is 144 cm³/mol. The highest BCUT2D eigenvalue weighted by Gasteiger charge is 2.44. The van der Waals surface area contributed by atoms with E-state index in [-0.39, 0.29) is 11.2 Å². The lowest BCUT2D eigenvalue weighted by atomic mass is 9.68. The number of nitrogens with zero attached hydrogens (tertiary/aromatic N) is 3. The number of carbonyl (C=O) groups excluding carboxylic acids is 1. The minimum atomic E-state index is -0.259. The van der Waals surface area contributed by atoms with Crippen LogP contribution in [0.5, 0.6) is 0 Å². The summed E-state index contributed by atoms with van der Waals surface area (Å²) in [7, 11) is 0. The van der Waals surface area contributed by atoms with Gasteiger partial charge in [0.2, 0.25) is 0 Å². The molecule has 2 aromatic carbocycles. The maximum atomic E-state index is 13.8. The summed E-state index contributed by atoms with van der Waals surface area (Å²) in [5.74, 6) is 0.113. The molecule has 0 unspecified atom stereocenters. The minimum Gasteiger partial charge on any atom is -0.367 e. The number of Topliss-reactive ketones (excluding diaryl/α,β-unsaturated/α-hetero) is 1. The number of benzene rings is 2. The minimum absolute atomic E-state index is 0.113. The molecule has 1 heterocycles. The van der Waals surface area contributed by atoms with Crippen LogP contribution in [-0.4, -0.2) is 41.9 Å². The van der Waals surface area contributed by atoms with Crippen LogP contribution >= 0.6 is 15.9 Å². The van der Waals surface area contributed by atoms with Crippen LogP contribution in [0.1, 0.15) is 79.6 Å². The molecular formula is C30H32BrN3O. The first-order chi connectivity index (χ1) is 16.7. The quantitative estimate of drug-likeness (QED) is 0.460. The number of ketones is 1. The number of halogens is 1. The van der Waals surface area contributed by atoms with E-state index in [0.717, 1.165) is 57.9 Å². The third-order valence-corrected chi connectivity index (χ3v) is 9.62. The Hall–Kier alpha value is -2.42. The number of allylic oxidation sites excluding steroid dienone is 2. The van der Waals surface area contributed by atoms with Gasteiger partial charge in [0.05, 0.1) is 17.3 Å². The molecule has 2 atom stereocenters. The van der Waals surface area contributed by atoms with Gasteiger partial charge in [0.1, 0.15) is 0 Å². The van der Waals surface area contributed by atoms with Gasteiger partial charge in [-0.15, -0.1) is 0 Å². The number of fused-ring (bicyclic) bond motifs is 3.